The maximum absolute atomic E-state index is 13.8. The maximum Gasteiger partial charge on any atom is 0.256 e. The van der Waals surface area contributed by atoms with E-state index in [4.69, 9.17) is 0 Å². The molecule has 0 saturated carbocycles. The Balaban J connectivity index is 1.48. The number of piperazine rings is 1. The average Bonchev–Trinajstić information content (AvgIpc) is 3.57. The molecule has 0 N–H and O–H groups in total. The van der Waals surface area contributed by atoms with E-state index in [2.05, 4.69) is 76.6 Å². The third-order valence-electron chi connectivity index (χ3n) is 7.61. The second-order valence-electron chi connectivity index (χ2n) is 10.4. The van der Waals surface area contributed by atoms with Gasteiger partial charge in [0.05, 0.1) is 24.1 Å². The van der Waals surface area contributed by atoms with E-state index >= 15 is 0 Å². The predicted molar refractivity (Wildman–Crippen MR) is 158 cm³/mol. The molecule has 1 fully saturated rings. The van der Waals surface area contributed by atoms with Crippen LogP contribution >= 0.6 is 0 Å². The number of imidazole rings is 1. The SMILES string of the molecule is C=C/C(c1cn(Cc2cncn2CCc2ccc(C)cc2)cc1C(=O)N1CCN(C)CC1)=c1/ccccc1=C. The zero-order valence-electron chi connectivity index (χ0n) is 23.0. The molecule has 0 unspecified atom stereocenters. The van der Waals surface area contributed by atoms with Crippen LogP contribution in [0.1, 0.15) is 32.7 Å². The van der Waals surface area contributed by atoms with Gasteiger partial charge in [-0.05, 0) is 42.0 Å². The van der Waals surface area contributed by atoms with Crippen molar-refractivity contribution in [2.75, 3.05) is 33.2 Å². The van der Waals surface area contributed by atoms with Gasteiger partial charge in [-0.25, -0.2) is 4.98 Å². The lowest BCUT2D eigenvalue weighted by Gasteiger charge is -2.32. The molecule has 200 valence electrons. The van der Waals surface area contributed by atoms with Crippen LogP contribution in [0.15, 0.2) is 86.1 Å². The fraction of sp³-hybridized carbons (Fsp3) is 0.273. The van der Waals surface area contributed by atoms with Crippen molar-refractivity contribution in [3.05, 3.63) is 124 Å². The van der Waals surface area contributed by atoms with Crippen molar-refractivity contribution in [3.63, 3.8) is 0 Å². The van der Waals surface area contributed by atoms with Gasteiger partial charge in [0, 0.05) is 56.9 Å². The lowest BCUT2D eigenvalue weighted by Crippen LogP contribution is -2.47. The first-order valence-electron chi connectivity index (χ1n) is 13.6. The third kappa shape index (κ3) is 5.96. The highest BCUT2D eigenvalue weighted by Crippen LogP contribution is 2.23. The topological polar surface area (TPSA) is 46.3 Å². The molecule has 1 saturated heterocycles. The monoisotopic (exact) mass is 519 g/mol. The molecule has 4 aromatic rings. The number of benzene rings is 2. The van der Waals surface area contributed by atoms with Gasteiger partial charge < -0.3 is 18.9 Å². The van der Waals surface area contributed by atoms with Crippen molar-refractivity contribution in [2.24, 2.45) is 0 Å². The molecule has 0 aliphatic carbocycles. The van der Waals surface area contributed by atoms with Gasteiger partial charge in [-0.2, -0.15) is 0 Å². The second-order valence-corrected chi connectivity index (χ2v) is 10.4. The Hall–Kier alpha value is -4.16. The lowest BCUT2D eigenvalue weighted by molar-refractivity contribution is 0.0664. The molecule has 6 nitrogen and oxygen atoms in total. The van der Waals surface area contributed by atoms with Crippen molar-refractivity contribution in [3.8, 4) is 0 Å². The standard InChI is InChI=1S/C33H37N5O/c1-5-29(30-9-7-6-8-26(30)3)31-22-36(23-32(31)33(39)37-18-16-35(4)17-19-37)21-28-20-34-24-38(28)15-14-27-12-10-25(2)11-13-27/h5-13,20,22-24H,1,3,14-19,21H2,2,4H3/b30-29+. The maximum atomic E-state index is 13.8. The molecular formula is C33H37N5O. The molecule has 0 atom stereocenters. The van der Waals surface area contributed by atoms with Gasteiger partial charge in [0.1, 0.15) is 0 Å². The number of nitrogens with zero attached hydrogens (tertiary/aromatic N) is 5. The predicted octanol–water partition coefficient (Wildman–Crippen LogP) is 3.47. The molecule has 3 heterocycles. The van der Waals surface area contributed by atoms with Crippen molar-refractivity contribution >= 4 is 18.1 Å². The van der Waals surface area contributed by atoms with Crippen molar-refractivity contribution in [1.82, 2.24) is 23.9 Å². The number of amides is 1. The molecule has 1 aliphatic rings. The van der Waals surface area contributed by atoms with E-state index in [1.165, 1.54) is 11.1 Å². The molecule has 0 spiro atoms. The Morgan fingerprint density at radius 3 is 2.44 bits per heavy atom. The third-order valence-corrected chi connectivity index (χ3v) is 7.61. The summed E-state index contributed by atoms with van der Waals surface area (Å²) in [6.45, 7) is 15.1. The van der Waals surface area contributed by atoms with Crippen LogP contribution in [0.4, 0.5) is 0 Å². The zero-order chi connectivity index (χ0) is 27.4. The Morgan fingerprint density at radius 2 is 1.72 bits per heavy atom. The van der Waals surface area contributed by atoms with Crippen LogP contribution in [0.5, 0.6) is 0 Å². The van der Waals surface area contributed by atoms with Crippen molar-refractivity contribution in [1.29, 1.82) is 0 Å². The first-order valence-corrected chi connectivity index (χ1v) is 13.6. The van der Waals surface area contributed by atoms with Gasteiger partial charge >= 0.3 is 0 Å². The van der Waals surface area contributed by atoms with Gasteiger partial charge in [-0.15, -0.1) is 0 Å². The summed E-state index contributed by atoms with van der Waals surface area (Å²) in [7, 11) is 2.10. The van der Waals surface area contributed by atoms with E-state index < -0.39 is 0 Å². The summed E-state index contributed by atoms with van der Waals surface area (Å²) in [5.41, 5.74) is 6.18. The summed E-state index contributed by atoms with van der Waals surface area (Å²) in [4.78, 5) is 22.5. The van der Waals surface area contributed by atoms with Gasteiger partial charge in [-0.1, -0.05) is 73.3 Å². The number of hydrogen-bond acceptors (Lipinski definition) is 3. The van der Waals surface area contributed by atoms with E-state index in [9.17, 15) is 4.79 Å². The summed E-state index contributed by atoms with van der Waals surface area (Å²) in [6, 6.07) is 16.7. The molecule has 39 heavy (non-hydrogen) atoms. The van der Waals surface area contributed by atoms with Crippen LogP contribution in [0, 0.1) is 6.92 Å². The molecule has 6 heteroatoms. The zero-order valence-corrected chi connectivity index (χ0v) is 23.0. The summed E-state index contributed by atoms with van der Waals surface area (Å²) in [5, 5.41) is 1.90. The molecule has 1 aliphatic heterocycles. The molecule has 2 aromatic heterocycles. The molecular weight excluding hydrogens is 482 g/mol. The molecule has 2 aromatic carbocycles. The quantitative estimate of drug-likeness (QED) is 0.358. The first-order chi connectivity index (χ1) is 18.9. The summed E-state index contributed by atoms with van der Waals surface area (Å²) in [6.07, 6.45) is 10.6. The minimum Gasteiger partial charge on any atom is -0.347 e. The highest BCUT2D eigenvalue weighted by molar-refractivity contribution is 6.00. The van der Waals surface area contributed by atoms with E-state index in [1.807, 2.05) is 54.0 Å². The second kappa shape index (κ2) is 11.7. The number of allylic oxidation sites excluding steroid dienone is 1. The van der Waals surface area contributed by atoms with Gasteiger partial charge in [0.15, 0.2) is 0 Å². The van der Waals surface area contributed by atoms with Crippen LogP contribution in [0.2, 0.25) is 0 Å². The summed E-state index contributed by atoms with van der Waals surface area (Å²) >= 11 is 0. The van der Waals surface area contributed by atoms with Crippen molar-refractivity contribution < 1.29 is 4.79 Å². The first kappa shape index (κ1) is 26.4. The minimum atomic E-state index is 0.0608. The molecule has 0 bridgehead atoms. The largest absolute Gasteiger partial charge is 0.347 e. The molecule has 5 rings (SSSR count). The van der Waals surface area contributed by atoms with E-state index in [1.54, 1.807) is 0 Å². The highest BCUT2D eigenvalue weighted by atomic mass is 16.2. The van der Waals surface area contributed by atoms with Crippen LogP contribution < -0.4 is 10.4 Å². The number of aryl methyl sites for hydroxylation is 3. The Bertz CT molecular complexity index is 1570. The summed E-state index contributed by atoms with van der Waals surface area (Å²) in [5.74, 6) is 0.0608. The summed E-state index contributed by atoms with van der Waals surface area (Å²) < 4.78 is 4.30. The average molecular weight is 520 g/mol. The fourth-order valence-electron chi connectivity index (χ4n) is 5.18. The number of rotatable bonds is 8. The number of aromatic nitrogens is 3. The Morgan fingerprint density at radius 1 is 1.00 bits per heavy atom. The van der Waals surface area contributed by atoms with Gasteiger partial charge in [-0.3, -0.25) is 4.79 Å². The van der Waals surface area contributed by atoms with Crippen LogP contribution in [-0.4, -0.2) is 63.1 Å². The number of hydrogen-bond donors (Lipinski definition) is 0. The highest BCUT2D eigenvalue weighted by Gasteiger charge is 2.25. The van der Waals surface area contributed by atoms with E-state index in [0.717, 1.165) is 66.4 Å². The minimum absolute atomic E-state index is 0.0608. The number of carbonyl (C=O) groups is 1. The van der Waals surface area contributed by atoms with Crippen LogP contribution in [0.25, 0.3) is 12.2 Å². The lowest BCUT2D eigenvalue weighted by atomic mass is 10.00. The molecule has 0 radical (unpaired) electrons. The van der Waals surface area contributed by atoms with Crippen LogP contribution in [0.3, 0.4) is 0 Å². The van der Waals surface area contributed by atoms with Gasteiger partial charge in [0.25, 0.3) is 5.91 Å². The van der Waals surface area contributed by atoms with E-state index in [0.29, 0.717) is 12.1 Å². The Labute approximate surface area is 230 Å². The number of likely N-dealkylation sites (N-methyl/N-ethyl adjacent to an activating group) is 1. The fourth-order valence-corrected chi connectivity index (χ4v) is 5.18. The Kier molecular flexibility index (Phi) is 7.94. The smallest absolute Gasteiger partial charge is 0.256 e. The van der Waals surface area contributed by atoms with E-state index in [-0.39, 0.29) is 5.91 Å². The molecule has 1 amide bonds. The van der Waals surface area contributed by atoms with Crippen LogP contribution in [-0.2, 0) is 19.5 Å². The number of carbonyl (C=O) groups excluding carboxylic acids is 1. The normalized spacial score (nSPS) is 14.9. The van der Waals surface area contributed by atoms with Crippen molar-refractivity contribution in [2.45, 2.75) is 26.4 Å². The van der Waals surface area contributed by atoms with Gasteiger partial charge in [0.2, 0.25) is 0 Å².